The summed E-state index contributed by atoms with van der Waals surface area (Å²) >= 11 is 0. The second kappa shape index (κ2) is 5.85. The number of aliphatic hydroxyl groups is 1. The molecule has 0 atom stereocenters. The van der Waals surface area contributed by atoms with Crippen molar-refractivity contribution >= 4 is 28.6 Å². The van der Waals surface area contributed by atoms with E-state index in [0.717, 1.165) is 11.2 Å². The Balaban J connectivity index is 1.50. The van der Waals surface area contributed by atoms with Crippen LogP contribution in [0.5, 0.6) is 5.75 Å². The van der Waals surface area contributed by atoms with E-state index < -0.39 is 0 Å². The maximum absolute atomic E-state index is 12.6. The summed E-state index contributed by atoms with van der Waals surface area (Å²) in [5.41, 5.74) is 2.98. The Morgan fingerprint density at radius 1 is 1.07 bits per heavy atom. The number of aromatic nitrogens is 1. The number of carbonyl (C=O) groups is 1. The van der Waals surface area contributed by atoms with Gasteiger partial charge in [0.05, 0.1) is 22.9 Å². The molecule has 1 aliphatic carbocycles. The summed E-state index contributed by atoms with van der Waals surface area (Å²) in [6.07, 6.45) is 3.13. The van der Waals surface area contributed by atoms with Gasteiger partial charge in [0.1, 0.15) is 12.8 Å². The molecule has 2 heterocycles. The standard InChI is InChI=1S/C22H16N2O4/c1-23-15-7-3-5-9-17(15)27-19(23)11-13-21(25)14(22(13)26)12-20-24(2)16-8-4-6-10-18(16)28-20/h3-12H,1-2H3/p+1. The molecule has 1 aromatic heterocycles. The number of ether oxygens (including phenoxy) is 1. The lowest BCUT2D eigenvalue weighted by molar-refractivity contribution is -0.652. The van der Waals surface area contributed by atoms with E-state index in [9.17, 15) is 9.90 Å². The Labute approximate surface area is 160 Å². The maximum Gasteiger partial charge on any atom is 0.374 e. The van der Waals surface area contributed by atoms with E-state index in [0.29, 0.717) is 23.1 Å². The van der Waals surface area contributed by atoms with Crippen molar-refractivity contribution in [2.75, 3.05) is 11.9 Å². The van der Waals surface area contributed by atoms with Gasteiger partial charge in [0.25, 0.3) is 5.52 Å². The first kappa shape index (κ1) is 16.4. The Morgan fingerprint density at radius 3 is 2.57 bits per heavy atom. The molecule has 0 bridgehead atoms. The topological polar surface area (TPSA) is 66.8 Å². The number of anilines is 1. The van der Waals surface area contributed by atoms with Crippen LogP contribution in [0.15, 0.2) is 81.8 Å². The van der Waals surface area contributed by atoms with E-state index in [4.69, 9.17) is 9.15 Å². The molecule has 138 valence electrons. The van der Waals surface area contributed by atoms with Crippen LogP contribution in [0.1, 0.15) is 5.89 Å². The molecule has 0 spiro atoms. The second-order valence-corrected chi connectivity index (χ2v) is 6.73. The molecule has 0 radical (unpaired) electrons. The van der Waals surface area contributed by atoms with Gasteiger partial charge in [-0.3, -0.25) is 4.79 Å². The molecule has 6 nitrogen and oxygen atoms in total. The van der Waals surface area contributed by atoms with Crippen molar-refractivity contribution in [1.29, 1.82) is 0 Å². The first-order valence-corrected chi connectivity index (χ1v) is 8.84. The molecule has 1 N–H and O–H groups in total. The zero-order valence-electron chi connectivity index (χ0n) is 15.3. The van der Waals surface area contributed by atoms with E-state index in [-0.39, 0.29) is 22.7 Å². The molecular weight excluding hydrogens is 356 g/mol. The molecular formula is C22H17N2O4+. The number of hydrogen-bond donors (Lipinski definition) is 1. The van der Waals surface area contributed by atoms with Gasteiger partial charge >= 0.3 is 5.89 Å². The highest BCUT2D eigenvalue weighted by atomic mass is 16.5. The Hall–Kier alpha value is -3.80. The first-order chi connectivity index (χ1) is 13.5. The fraction of sp³-hybridized carbons (Fsp3) is 0.0909. The Morgan fingerprint density at radius 2 is 1.82 bits per heavy atom. The Kier molecular flexibility index (Phi) is 3.42. The first-order valence-electron chi connectivity index (χ1n) is 8.84. The molecule has 6 heteroatoms. The zero-order chi connectivity index (χ0) is 19.4. The van der Waals surface area contributed by atoms with Gasteiger partial charge in [-0.05, 0) is 18.2 Å². The lowest BCUT2D eigenvalue weighted by Crippen LogP contribution is -2.30. The number of para-hydroxylation sites is 4. The number of ketones is 1. The van der Waals surface area contributed by atoms with Crippen LogP contribution in [-0.2, 0) is 11.8 Å². The number of carbonyl (C=O) groups excluding carboxylic acids is 1. The maximum atomic E-state index is 12.6. The van der Waals surface area contributed by atoms with E-state index in [2.05, 4.69) is 0 Å². The molecule has 0 unspecified atom stereocenters. The number of nitrogens with zero attached hydrogens (tertiary/aromatic N) is 2. The average molecular weight is 373 g/mol. The smallest absolute Gasteiger partial charge is 0.374 e. The van der Waals surface area contributed by atoms with Gasteiger partial charge in [0, 0.05) is 19.2 Å². The van der Waals surface area contributed by atoms with Crippen LogP contribution in [0.4, 0.5) is 5.69 Å². The van der Waals surface area contributed by atoms with Crippen LogP contribution in [0.2, 0.25) is 0 Å². The minimum atomic E-state index is -0.251. The predicted octanol–water partition coefficient (Wildman–Crippen LogP) is 3.41. The molecule has 0 saturated carbocycles. The van der Waals surface area contributed by atoms with Gasteiger partial charge in [0.15, 0.2) is 5.75 Å². The summed E-state index contributed by atoms with van der Waals surface area (Å²) in [7, 11) is 3.70. The van der Waals surface area contributed by atoms with Gasteiger partial charge in [-0.25, -0.2) is 0 Å². The van der Waals surface area contributed by atoms with Gasteiger partial charge < -0.3 is 19.2 Å². The number of allylic oxidation sites excluding steroid dienone is 3. The fourth-order valence-corrected chi connectivity index (χ4v) is 3.45. The minimum Gasteiger partial charge on any atom is -0.506 e. The molecule has 2 aromatic carbocycles. The van der Waals surface area contributed by atoms with E-state index in [1.54, 1.807) is 12.2 Å². The predicted molar refractivity (Wildman–Crippen MR) is 104 cm³/mol. The van der Waals surface area contributed by atoms with Gasteiger partial charge in [-0.1, -0.05) is 24.3 Å². The summed E-state index contributed by atoms with van der Waals surface area (Å²) in [4.78, 5) is 14.5. The van der Waals surface area contributed by atoms with Crippen molar-refractivity contribution in [3.05, 3.63) is 83.3 Å². The van der Waals surface area contributed by atoms with Crippen LogP contribution in [0, 0.1) is 0 Å². The number of aryl methyl sites for hydroxylation is 1. The number of hydrogen-bond acceptors (Lipinski definition) is 5. The number of fused-ring (bicyclic) bond motifs is 2. The third kappa shape index (κ3) is 2.28. The van der Waals surface area contributed by atoms with Crippen LogP contribution >= 0.6 is 0 Å². The normalized spacial score (nSPS) is 18.8. The quantitative estimate of drug-likeness (QED) is 0.551. The summed E-state index contributed by atoms with van der Waals surface area (Å²) in [6.45, 7) is 0. The van der Waals surface area contributed by atoms with Crippen molar-refractivity contribution in [3.8, 4) is 5.75 Å². The van der Waals surface area contributed by atoms with Crippen molar-refractivity contribution in [3.63, 3.8) is 0 Å². The third-order valence-corrected chi connectivity index (χ3v) is 5.08. The van der Waals surface area contributed by atoms with Crippen LogP contribution in [0.3, 0.4) is 0 Å². The lowest BCUT2D eigenvalue weighted by atomic mass is 9.87. The summed E-state index contributed by atoms with van der Waals surface area (Å²) in [6, 6.07) is 15.2. The third-order valence-electron chi connectivity index (χ3n) is 5.08. The molecule has 2 aliphatic rings. The highest BCUT2D eigenvalue weighted by molar-refractivity contribution is 6.23. The summed E-state index contributed by atoms with van der Waals surface area (Å²) in [5.74, 6) is 1.38. The van der Waals surface area contributed by atoms with E-state index in [1.807, 2.05) is 72.1 Å². The van der Waals surface area contributed by atoms with Crippen LogP contribution in [-0.4, -0.2) is 17.9 Å². The lowest BCUT2D eigenvalue weighted by Gasteiger charge is -2.19. The average Bonchev–Trinajstić information content (AvgIpc) is 3.21. The van der Waals surface area contributed by atoms with E-state index >= 15 is 0 Å². The highest BCUT2D eigenvalue weighted by Gasteiger charge is 2.36. The monoisotopic (exact) mass is 373 g/mol. The minimum absolute atomic E-state index is 0.0640. The van der Waals surface area contributed by atoms with Gasteiger partial charge in [-0.2, -0.15) is 4.57 Å². The molecule has 0 amide bonds. The largest absolute Gasteiger partial charge is 0.506 e. The van der Waals surface area contributed by atoms with Crippen LogP contribution < -0.4 is 14.2 Å². The van der Waals surface area contributed by atoms with Crippen molar-refractivity contribution in [2.24, 2.45) is 7.05 Å². The van der Waals surface area contributed by atoms with Crippen molar-refractivity contribution in [1.82, 2.24) is 0 Å². The van der Waals surface area contributed by atoms with Gasteiger partial charge in [0.2, 0.25) is 17.2 Å². The molecule has 5 rings (SSSR count). The SMILES string of the molecule is CN1/C(=C\C2=C(O)C(=C/c3oc4ccccc4[n+]3C)/C2=O)Oc2ccccc21. The summed E-state index contributed by atoms with van der Waals surface area (Å²) < 4.78 is 13.4. The molecule has 28 heavy (non-hydrogen) atoms. The summed E-state index contributed by atoms with van der Waals surface area (Å²) in [5, 5.41) is 10.4. The highest BCUT2D eigenvalue weighted by Crippen LogP contribution is 2.39. The molecule has 0 fully saturated rings. The fourth-order valence-electron chi connectivity index (χ4n) is 3.45. The number of benzene rings is 2. The van der Waals surface area contributed by atoms with Crippen molar-refractivity contribution < 1.29 is 23.6 Å². The number of rotatable bonds is 2. The number of oxazole rings is 1. The van der Waals surface area contributed by atoms with E-state index in [1.165, 1.54) is 0 Å². The van der Waals surface area contributed by atoms with Gasteiger partial charge in [-0.15, -0.1) is 0 Å². The molecule has 3 aromatic rings. The van der Waals surface area contributed by atoms with Crippen LogP contribution in [0.25, 0.3) is 17.2 Å². The Bertz CT molecular complexity index is 1250. The molecule has 1 aliphatic heterocycles. The van der Waals surface area contributed by atoms with Crippen molar-refractivity contribution in [2.45, 2.75) is 0 Å². The number of Topliss-reactive ketones (excluding diaryl/α,β-unsaturated/α-hetero) is 1. The molecule has 0 saturated heterocycles. The zero-order valence-corrected chi connectivity index (χ0v) is 15.3. The number of aliphatic hydroxyl groups excluding tert-OH is 1. The second-order valence-electron chi connectivity index (χ2n) is 6.73.